The molecule has 1 N–H and O–H groups in total. The Hall–Kier alpha value is -1.43. The van der Waals surface area contributed by atoms with Crippen LogP contribution in [0, 0.1) is 0 Å². The van der Waals surface area contributed by atoms with Gasteiger partial charge in [0, 0.05) is 0 Å². The number of hydrogen-bond acceptors (Lipinski definition) is 5. The molecule has 6 heteroatoms. The van der Waals surface area contributed by atoms with Gasteiger partial charge in [0.15, 0.2) is 12.1 Å². The van der Waals surface area contributed by atoms with Crippen molar-refractivity contribution in [2.45, 2.75) is 6.04 Å². The highest BCUT2D eigenvalue weighted by Gasteiger charge is 2.27. The average Bonchev–Trinajstić information content (AvgIpc) is 2.48. The lowest BCUT2D eigenvalue weighted by Gasteiger charge is -2.07. The second kappa shape index (κ2) is 4.56. The Morgan fingerprint density at radius 2 is 2.54 bits per heavy atom. The summed E-state index contributed by atoms with van der Waals surface area (Å²) < 4.78 is 9.16. The van der Waals surface area contributed by atoms with Crippen molar-refractivity contribution in [2.24, 2.45) is 0 Å². The largest absolute Gasteiger partial charge is 0.442 e. The first-order chi connectivity index (χ1) is 6.24. The number of ether oxygens (including phenoxy) is 2. The van der Waals surface area contributed by atoms with E-state index in [9.17, 15) is 14.4 Å². The molecule has 1 saturated heterocycles. The Bertz CT molecular complexity index is 227. The van der Waals surface area contributed by atoms with Crippen LogP contribution < -0.4 is 5.32 Å². The molecule has 0 aliphatic carbocycles. The number of ketones is 1. The van der Waals surface area contributed by atoms with Gasteiger partial charge in [-0.25, -0.2) is 4.79 Å². The molecule has 1 aliphatic heterocycles. The van der Waals surface area contributed by atoms with Gasteiger partial charge in [-0.3, -0.25) is 9.59 Å². The summed E-state index contributed by atoms with van der Waals surface area (Å²) in [5.74, 6) is -0.192. The molecule has 1 amide bonds. The molecular weight excluding hydrogens is 178 g/mol. The first-order valence-electron chi connectivity index (χ1n) is 3.71. The zero-order chi connectivity index (χ0) is 9.68. The number of amides is 1. The van der Waals surface area contributed by atoms with Crippen LogP contribution in [0.4, 0.5) is 4.79 Å². The predicted octanol–water partition coefficient (Wildman–Crippen LogP) is -1.12. The van der Waals surface area contributed by atoms with Crippen LogP contribution in [0.2, 0.25) is 0 Å². The van der Waals surface area contributed by atoms with Crippen LogP contribution in [-0.2, 0) is 19.1 Å². The van der Waals surface area contributed by atoms with E-state index in [1.165, 1.54) is 0 Å². The van der Waals surface area contributed by atoms with Gasteiger partial charge in [0.05, 0.1) is 6.61 Å². The van der Waals surface area contributed by atoms with Gasteiger partial charge in [-0.15, -0.1) is 0 Å². The van der Waals surface area contributed by atoms with E-state index in [1.54, 1.807) is 0 Å². The van der Waals surface area contributed by atoms with Gasteiger partial charge >= 0.3 is 6.09 Å². The number of aldehydes is 1. The summed E-state index contributed by atoms with van der Waals surface area (Å²) in [6.45, 7) is -0.138. The molecule has 0 bridgehead atoms. The Balaban J connectivity index is 2.26. The van der Waals surface area contributed by atoms with Crippen molar-refractivity contribution >= 4 is 18.2 Å². The highest BCUT2D eigenvalue weighted by molar-refractivity contribution is 5.89. The van der Waals surface area contributed by atoms with Gasteiger partial charge in [0.1, 0.15) is 19.3 Å². The smallest absolute Gasteiger partial charge is 0.408 e. The van der Waals surface area contributed by atoms with Crippen LogP contribution in [0.15, 0.2) is 0 Å². The van der Waals surface area contributed by atoms with Crippen molar-refractivity contribution in [2.75, 3.05) is 19.8 Å². The molecule has 0 aromatic heterocycles. The van der Waals surface area contributed by atoms with E-state index in [2.05, 4.69) is 10.1 Å². The summed E-state index contributed by atoms with van der Waals surface area (Å²) in [7, 11) is 0. The predicted molar refractivity (Wildman–Crippen MR) is 40.2 cm³/mol. The number of alkyl carbamates (subject to hydrolysis) is 1. The molecule has 13 heavy (non-hydrogen) atoms. The molecule has 0 aromatic carbocycles. The van der Waals surface area contributed by atoms with Gasteiger partial charge in [0.2, 0.25) is 0 Å². The number of carbonyl (C=O) groups is 3. The quantitative estimate of drug-likeness (QED) is 0.566. The third-order valence-corrected chi connectivity index (χ3v) is 1.49. The fraction of sp³-hybridized carbons (Fsp3) is 0.571. The molecule has 1 unspecified atom stereocenters. The molecule has 0 saturated carbocycles. The lowest BCUT2D eigenvalue weighted by atomic mass is 10.2. The normalized spacial score (nSPS) is 21.2. The SMILES string of the molecule is O=CCOC(=O)NC1COCC1=O. The lowest BCUT2D eigenvalue weighted by molar-refractivity contribution is -0.119. The first-order valence-corrected chi connectivity index (χ1v) is 3.71. The molecule has 1 fully saturated rings. The Morgan fingerprint density at radius 1 is 1.77 bits per heavy atom. The van der Waals surface area contributed by atoms with Crippen molar-refractivity contribution in [3.8, 4) is 0 Å². The van der Waals surface area contributed by atoms with E-state index >= 15 is 0 Å². The molecule has 0 radical (unpaired) electrons. The highest BCUT2D eigenvalue weighted by atomic mass is 16.6. The Kier molecular flexibility index (Phi) is 3.39. The van der Waals surface area contributed by atoms with Crippen molar-refractivity contribution in [3.05, 3.63) is 0 Å². The van der Waals surface area contributed by atoms with Crippen LogP contribution in [-0.4, -0.2) is 44.0 Å². The molecule has 0 aromatic rings. The molecular formula is C7H9NO5. The second-order valence-corrected chi connectivity index (χ2v) is 2.44. The van der Waals surface area contributed by atoms with E-state index < -0.39 is 12.1 Å². The zero-order valence-corrected chi connectivity index (χ0v) is 6.82. The molecule has 1 rings (SSSR count). The van der Waals surface area contributed by atoms with Crippen LogP contribution >= 0.6 is 0 Å². The van der Waals surface area contributed by atoms with E-state index in [1.807, 2.05) is 0 Å². The van der Waals surface area contributed by atoms with Crippen molar-refractivity contribution in [3.63, 3.8) is 0 Å². The maximum atomic E-state index is 10.9. The first kappa shape index (κ1) is 9.66. The van der Waals surface area contributed by atoms with Crippen molar-refractivity contribution in [1.29, 1.82) is 0 Å². The summed E-state index contributed by atoms with van der Waals surface area (Å²) >= 11 is 0. The Labute approximate surface area is 74.2 Å². The van der Waals surface area contributed by atoms with Gasteiger partial charge < -0.3 is 14.8 Å². The molecule has 6 nitrogen and oxygen atoms in total. The fourth-order valence-electron chi connectivity index (χ4n) is 0.887. The summed E-state index contributed by atoms with van der Waals surface area (Å²) in [5.41, 5.74) is 0. The number of rotatable bonds is 3. The molecule has 1 aliphatic rings. The van der Waals surface area contributed by atoms with E-state index in [-0.39, 0.29) is 25.6 Å². The number of Topliss-reactive ketones (excluding diaryl/α,β-unsaturated/α-hetero) is 1. The minimum Gasteiger partial charge on any atom is -0.442 e. The van der Waals surface area contributed by atoms with Gasteiger partial charge in [0.25, 0.3) is 0 Å². The minimum absolute atomic E-state index is 0.0125. The van der Waals surface area contributed by atoms with Gasteiger partial charge in [-0.05, 0) is 0 Å². The summed E-state index contributed by atoms with van der Waals surface area (Å²) in [4.78, 5) is 31.5. The topological polar surface area (TPSA) is 81.7 Å². The number of carbonyl (C=O) groups excluding carboxylic acids is 3. The summed E-state index contributed by atoms with van der Waals surface area (Å²) in [5, 5.41) is 2.27. The van der Waals surface area contributed by atoms with E-state index in [0.717, 1.165) is 0 Å². The van der Waals surface area contributed by atoms with Crippen molar-refractivity contribution < 1.29 is 23.9 Å². The number of nitrogens with one attached hydrogen (secondary N) is 1. The van der Waals surface area contributed by atoms with Crippen LogP contribution in [0.3, 0.4) is 0 Å². The summed E-state index contributed by atoms with van der Waals surface area (Å²) in [6.07, 6.45) is -0.331. The monoisotopic (exact) mass is 187 g/mol. The Morgan fingerprint density at radius 3 is 3.08 bits per heavy atom. The molecule has 1 heterocycles. The minimum atomic E-state index is -0.782. The van der Waals surface area contributed by atoms with E-state index in [4.69, 9.17) is 4.74 Å². The lowest BCUT2D eigenvalue weighted by Crippen LogP contribution is -2.40. The van der Waals surface area contributed by atoms with Crippen LogP contribution in [0.5, 0.6) is 0 Å². The molecule has 1 atom stereocenters. The average molecular weight is 187 g/mol. The third kappa shape index (κ3) is 2.83. The third-order valence-electron chi connectivity index (χ3n) is 1.49. The maximum absolute atomic E-state index is 10.9. The maximum Gasteiger partial charge on any atom is 0.408 e. The van der Waals surface area contributed by atoms with Gasteiger partial charge in [-0.2, -0.15) is 0 Å². The highest BCUT2D eigenvalue weighted by Crippen LogP contribution is 1.99. The number of hydrogen-bond donors (Lipinski definition) is 1. The zero-order valence-electron chi connectivity index (χ0n) is 6.82. The van der Waals surface area contributed by atoms with E-state index in [0.29, 0.717) is 6.29 Å². The standard InChI is InChI=1S/C7H9NO5/c9-1-2-13-7(11)8-5-3-12-4-6(5)10/h1,5H,2-4H2,(H,8,11). The van der Waals surface area contributed by atoms with Crippen LogP contribution in [0.1, 0.15) is 0 Å². The van der Waals surface area contributed by atoms with Crippen LogP contribution in [0.25, 0.3) is 0 Å². The van der Waals surface area contributed by atoms with Crippen molar-refractivity contribution in [1.82, 2.24) is 5.32 Å². The summed E-state index contributed by atoms with van der Waals surface area (Å²) in [6, 6.07) is -0.640. The van der Waals surface area contributed by atoms with Gasteiger partial charge in [-0.1, -0.05) is 0 Å². The second-order valence-electron chi connectivity index (χ2n) is 2.44. The molecule has 72 valence electrons. The fourth-order valence-corrected chi connectivity index (χ4v) is 0.887. The molecule has 0 spiro atoms.